The zero-order valence-electron chi connectivity index (χ0n) is 17.1. The first-order chi connectivity index (χ1) is 12.5. The lowest BCUT2D eigenvalue weighted by Crippen LogP contribution is -2.19. The van der Waals surface area contributed by atoms with Crippen molar-refractivity contribution in [3.63, 3.8) is 0 Å². The fraction of sp³-hybridized carbons (Fsp3) is 0.455. The Hall–Kier alpha value is -2.20. The van der Waals surface area contributed by atoms with E-state index in [1.807, 2.05) is 52.1 Å². The van der Waals surface area contributed by atoms with Gasteiger partial charge >= 0.3 is 0 Å². The molecule has 0 spiro atoms. The van der Waals surface area contributed by atoms with Gasteiger partial charge in [-0.05, 0) is 49.6 Å². The van der Waals surface area contributed by atoms with E-state index in [4.69, 9.17) is 10.2 Å². The third-order valence-corrected chi connectivity index (χ3v) is 4.21. The summed E-state index contributed by atoms with van der Waals surface area (Å²) < 4.78 is 5.69. The lowest BCUT2D eigenvalue weighted by Gasteiger charge is -2.26. The van der Waals surface area contributed by atoms with Crippen molar-refractivity contribution in [1.82, 2.24) is 5.32 Å². The van der Waals surface area contributed by atoms with Crippen molar-refractivity contribution in [2.75, 3.05) is 18.9 Å². The third kappa shape index (κ3) is 6.26. The molecule has 1 aromatic heterocycles. The smallest absolute Gasteiger partial charge is 0.193 e. The van der Waals surface area contributed by atoms with Crippen LogP contribution in [0.15, 0.2) is 58.2 Å². The molecule has 0 amide bonds. The molecule has 0 aromatic carbocycles. The van der Waals surface area contributed by atoms with Crippen molar-refractivity contribution < 1.29 is 4.42 Å². The summed E-state index contributed by atoms with van der Waals surface area (Å²) in [6, 6.07) is 4.15. The zero-order chi connectivity index (χ0) is 19.6. The van der Waals surface area contributed by atoms with E-state index in [2.05, 4.69) is 48.8 Å². The minimum atomic E-state index is -0.0544. The highest BCUT2D eigenvalue weighted by Gasteiger charge is 2.23. The Balaban J connectivity index is 0.00000163. The number of furan rings is 1. The molecule has 1 aliphatic rings. The van der Waals surface area contributed by atoms with Gasteiger partial charge in [-0.2, -0.15) is 0 Å². The van der Waals surface area contributed by atoms with Crippen LogP contribution in [0.2, 0.25) is 0 Å². The molecule has 4 nitrogen and oxygen atoms in total. The molecule has 1 aliphatic carbocycles. The Labute approximate surface area is 158 Å². The molecule has 1 aromatic rings. The minimum Gasteiger partial charge on any atom is -0.441 e. The minimum absolute atomic E-state index is 0.0544. The van der Waals surface area contributed by atoms with Crippen molar-refractivity contribution in [2.24, 2.45) is 11.1 Å². The van der Waals surface area contributed by atoms with Gasteiger partial charge in [-0.1, -0.05) is 52.0 Å². The van der Waals surface area contributed by atoms with Crippen LogP contribution in [0.1, 0.15) is 46.8 Å². The first-order valence-corrected chi connectivity index (χ1v) is 9.50. The number of rotatable bonds is 7. The molecule has 4 N–H and O–H groups in total. The van der Waals surface area contributed by atoms with Crippen LogP contribution in [0.25, 0.3) is 6.08 Å². The van der Waals surface area contributed by atoms with Gasteiger partial charge in [0.1, 0.15) is 5.76 Å². The molecule has 26 heavy (non-hydrogen) atoms. The Bertz CT molecular complexity index is 663. The largest absolute Gasteiger partial charge is 0.441 e. The van der Waals surface area contributed by atoms with E-state index >= 15 is 0 Å². The topological polar surface area (TPSA) is 63.2 Å². The lowest BCUT2D eigenvalue weighted by molar-refractivity contribution is 0.461. The summed E-state index contributed by atoms with van der Waals surface area (Å²) in [6.07, 6.45) is 13.4. The van der Waals surface area contributed by atoms with Crippen molar-refractivity contribution in [3.8, 4) is 0 Å². The highest BCUT2D eigenvalue weighted by molar-refractivity contribution is 5.48. The van der Waals surface area contributed by atoms with Crippen LogP contribution < -0.4 is 16.4 Å². The van der Waals surface area contributed by atoms with Crippen LogP contribution in [0.3, 0.4) is 0 Å². The summed E-state index contributed by atoms with van der Waals surface area (Å²) >= 11 is 0. The summed E-state index contributed by atoms with van der Waals surface area (Å²) in [5, 5.41) is 6.39. The molecule has 2 rings (SSSR count). The van der Waals surface area contributed by atoms with E-state index in [0.717, 1.165) is 35.9 Å². The fourth-order valence-electron chi connectivity index (χ4n) is 2.76. The van der Waals surface area contributed by atoms with Crippen molar-refractivity contribution >= 4 is 12.0 Å². The number of nitrogens with two attached hydrogens (primary N) is 1. The summed E-state index contributed by atoms with van der Waals surface area (Å²) in [5.41, 5.74) is 8.20. The molecule has 0 aliphatic heterocycles. The SMILES string of the molecule is CC.CCNc1ccc(/C=C/CC(C)(C)C2=C(N)C=CC(NC)C=C2)o1. The second-order valence-corrected chi connectivity index (χ2v) is 6.62. The lowest BCUT2D eigenvalue weighted by atomic mass is 9.79. The monoisotopic (exact) mass is 357 g/mol. The Morgan fingerprint density at radius 3 is 2.54 bits per heavy atom. The third-order valence-electron chi connectivity index (χ3n) is 4.21. The van der Waals surface area contributed by atoms with Gasteiger partial charge in [0.05, 0.1) is 0 Å². The summed E-state index contributed by atoms with van der Waals surface area (Å²) in [5.74, 6) is 1.66. The fourth-order valence-corrected chi connectivity index (χ4v) is 2.76. The molecule has 144 valence electrons. The molecule has 0 fully saturated rings. The van der Waals surface area contributed by atoms with Gasteiger partial charge in [-0.25, -0.2) is 0 Å². The first kappa shape index (κ1) is 21.8. The number of hydrogen-bond acceptors (Lipinski definition) is 4. The van der Waals surface area contributed by atoms with Crippen molar-refractivity contribution in [1.29, 1.82) is 0 Å². The Kier molecular flexibility index (Phi) is 9.00. The zero-order valence-corrected chi connectivity index (χ0v) is 17.1. The van der Waals surface area contributed by atoms with Gasteiger partial charge in [0.2, 0.25) is 0 Å². The molecular weight excluding hydrogens is 322 g/mol. The van der Waals surface area contributed by atoms with Gasteiger partial charge in [0.15, 0.2) is 5.88 Å². The quantitative estimate of drug-likeness (QED) is 0.636. The second-order valence-electron chi connectivity index (χ2n) is 6.62. The van der Waals surface area contributed by atoms with Crippen LogP contribution >= 0.6 is 0 Å². The maximum atomic E-state index is 6.26. The molecular formula is C22H35N3O. The van der Waals surface area contributed by atoms with E-state index in [-0.39, 0.29) is 11.5 Å². The summed E-state index contributed by atoms with van der Waals surface area (Å²) in [7, 11) is 1.94. The average molecular weight is 358 g/mol. The Morgan fingerprint density at radius 1 is 1.19 bits per heavy atom. The van der Waals surface area contributed by atoms with Gasteiger partial charge < -0.3 is 20.8 Å². The van der Waals surface area contributed by atoms with Gasteiger partial charge in [0, 0.05) is 24.4 Å². The van der Waals surface area contributed by atoms with Crippen LogP contribution in [0.5, 0.6) is 0 Å². The molecule has 4 heteroatoms. The van der Waals surface area contributed by atoms with Crippen LogP contribution in [0, 0.1) is 5.41 Å². The van der Waals surface area contributed by atoms with E-state index in [1.165, 1.54) is 0 Å². The van der Waals surface area contributed by atoms with Gasteiger partial charge in [-0.3, -0.25) is 0 Å². The molecule has 0 radical (unpaired) electrons. The predicted molar refractivity (Wildman–Crippen MR) is 114 cm³/mol. The second kappa shape index (κ2) is 10.7. The molecule has 1 atom stereocenters. The highest BCUT2D eigenvalue weighted by Crippen LogP contribution is 2.34. The van der Waals surface area contributed by atoms with E-state index < -0.39 is 0 Å². The number of anilines is 1. The summed E-state index contributed by atoms with van der Waals surface area (Å²) in [6.45, 7) is 11.3. The normalized spacial score (nSPS) is 17.2. The van der Waals surface area contributed by atoms with Crippen molar-refractivity contribution in [3.05, 3.63) is 59.5 Å². The van der Waals surface area contributed by atoms with E-state index in [9.17, 15) is 0 Å². The van der Waals surface area contributed by atoms with Crippen LogP contribution in [-0.4, -0.2) is 19.6 Å². The van der Waals surface area contributed by atoms with Crippen LogP contribution in [0.4, 0.5) is 5.88 Å². The maximum absolute atomic E-state index is 6.26. The summed E-state index contributed by atoms with van der Waals surface area (Å²) in [4.78, 5) is 0. The average Bonchev–Trinajstić information content (AvgIpc) is 2.97. The Morgan fingerprint density at radius 2 is 1.88 bits per heavy atom. The number of allylic oxidation sites excluding steroid dienone is 4. The molecule has 1 heterocycles. The van der Waals surface area contributed by atoms with Crippen LogP contribution in [-0.2, 0) is 0 Å². The predicted octanol–water partition coefficient (Wildman–Crippen LogP) is 5.09. The maximum Gasteiger partial charge on any atom is 0.193 e. The molecule has 1 unspecified atom stereocenters. The molecule has 0 saturated heterocycles. The molecule has 0 saturated carbocycles. The van der Waals surface area contributed by atoms with Gasteiger partial charge in [-0.15, -0.1) is 0 Å². The van der Waals surface area contributed by atoms with Gasteiger partial charge in [0.25, 0.3) is 0 Å². The van der Waals surface area contributed by atoms with E-state index in [1.54, 1.807) is 0 Å². The number of likely N-dealkylation sites (N-methyl/N-ethyl adjacent to an activating group) is 1. The number of nitrogens with one attached hydrogen (secondary N) is 2. The molecule has 0 bridgehead atoms. The number of hydrogen-bond donors (Lipinski definition) is 3. The first-order valence-electron chi connectivity index (χ1n) is 9.50. The van der Waals surface area contributed by atoms with Crippen molar-refractivity contribution in [2.45, 2.75) is 47.1 Å². The van der Waals surface area contributed by atoms with E-state index in [0.29, 0.717) is 0 Å². The highest BCUT2D eigenvalue weighted by atomic mass is 16.4. The standard InChI is InChI=1S/C20H29N3O.C2H6/c1-5-23-19-13-10-16(24-19)7-6-14-20(2,3)17-11-8-15(22-4)9-12-18(17)21;1-2/h6-13,15,22-23H,5,14,21H2,1-4H3;1-2H3/b7-6+;.